The first-order chi connectivity index (χ1) is 7.41. The van der Waals surface area contributed by atoms with E-state index in [9.17, 15) is 13.5 Å². The van der Waals surface area contributed by atoms with Crippen LogP contribution in [0.4, 0.5) is 0 Å². The van der Waals surface area contributed by atoms with Crippen molar-refractivity contribution in [2.24, 2.45) is 0 Å². The summed E-state index contributed by atoms with van der Waals surface area (Å²) in [6.45, 7) is 4.26. The molecule has 1 rings (SSSR count). The minimum absolute atomic E-state index is 0.165. The van der Waals surface area contributed by atoms with Crippen molar-refractivity contribution in [1.29, 1.82) is 0 Å². The summed E-state index contributed by atoms with van der Waals surface area (Å²) in [5.41, 5.74) is -0.677. The molecular weight excluding hydrogens is 228 g/mol. The standard InChI is InChI=1S/C11H22O4S/c1-3-15-10-8-11(12,9-10)6-5-7-16(13,14)4-2/h10,12H,3-9H2,1-2H3. The highest BCUT2D eigenvalue weighted by Gasteiger charge is 2.42. The summed E-state index contributed by atoms with van der Waals surface area (Å²) >= 11 is 0. The molecule has 0 amide bonds. The zero-order valence-electron chi connectivity index (χ0n) is 10.1. The van der Waals surface area contributed by atoms with Gasteiger partial charge in [-0.25, -0.2) is 8.42 Å². The Morgan fingerprint density at radius 2 is 2.00 bits per heavy atom. The van der Waals surface area contributed by atoms with Crippen molar-refractivity contribution in [2.75, 3.05) is 18.1 Å². The molecule has 0 saturated heterocycles. The minimum Gasteiger partial charge on any atom is -0.390 e. The molecule has 0 aromatic heterocycles. The first-order valence-electron chi connectivity index (χ1n) is 5.95. The van der Waals surface area contributed by atoms with Crippen LogP contribution in [0.2, 0.25) is 0 Å². The molecule has 0 spiro atoms. The van der Waals surface area contributed by atoms with Crippen molar-refractivity contribution in [3.8, 4) is 0 Å². The van der Waals surface area contributed by atoms with Crippen LogP contribution < -0.4 is 0 Å². The normalized spacial score (nSPS) is 30.1. The van der Waals surface area contributed by atoms with Crippen molar-refractivity contribution in [3.63, 3.8) is 0 Å². The van der Waals surface area contributed by atoms with Crippen LogP contribution in [0.3, 0.4) is 0 Å². The van der Waals surface area contributed by atoms with E-state index in [1.807, 2.05) is 6.92 Å². The Hall–Kier alpha value is -0.130. The molecule has 0 heterocycles. The van der Waals surface area contributed by atoms with Crippen LogP contribution in [0, 0.1) is 0 Å². The highest BCUT2D eigenvalue weighted by atomic mass is 32.2. The molecule has 96 valence electrons. The van der Waals surface area contributed by atoms with Crippen LogP contribution in [-0.2, 0) is 14.6 Å². The predicted octanol–water partition coefficient (Wildman–Crippen LogP) is 1.13. The zero-order chi connectivity index (χ0) is 12.2. The van der Waals surface area contributed by atoms with Crippen molar-refractivity contribution in [2.45, 2.75) is 51.2 Å². The Morgan fingerprint density at radius 1 is 1.38 bits per heavy atom. The molecule has 16 heavy (non-hydrogen) atoms. The smallest absolute Gasteiger partial charge is 0.150 e. The number of aliphatic hydroxyl groups is 1. The average Bonchev–Trinajstić information content (AvgIpc) is 2.16. The fourth-order valence-electron chi connectivity index (χ4n) is 2.11. The molecule has 0 radical (unpaired) electrons. The lowest BCUT2D eigenvalue weighted by atomic mass is 9.75. The summed E-state index contributed by atoms with van der Waals surface area (Å²) in [5, 5.41) is 10.0. The highest BCUT2D eigenvalue weighted by molar-refractivity contribution is 7.91. The predicted molar refractivity (Wildman–Crippen MR) is 63.2 cm³/mol. The Bertz CT molecular complexity index is 304. The molecule has 0 aromatic carbocycles. The Morgan fingerprint density at radius 3 is 2.50 bits per heavy atom. The second kappa shape index (κ2) is 5.47. The van der Waals surface area contributed by atoms with Gasteiger partial charge in [-0.15, -0.1) is 0 Å². The second-order valence-corrected chi connectivity index (χ2v) is 7.02. The van der Waals surface area contributed by atoms with Gasteiger partial charge in [-0.1, -0.05) is 6.92 Å². The van der Waals surface area contributed by atoms with E-state index < -0.39 is 15.4 Å². The number of hydrogen-bond donors (Lipinski definition) is 1. The van der Waals surface area contributed by atoms with E-state index >= 15 is 0 Å². The van der Waals surface area contributed by atoms with E-state index in [-0.39, 0.29) is 17.6 Å². The van der Waals surface area contributed by atoms with Crippen molar-refractivity contribution >= 4 is 9.84 Å². The topological polar surface area (TPSA) is 63.6 Å². The van der Waals surface area contributed by atoms with Gasteiger partial charge >= 0.3 is 0 Å². The molecule has 0 unspecified atom stereocenters. The van der Waals surface area contributed by atoms with Gasteiger partial charge in [-0.05, 0) is 19.8 Å². The number of rotatable bonds is 7. The molecule has 1 aliphatic rings. The Labute approximate surface area is 97.9 Å². The molecule has 0 aliphatic heterocycles. The third-order valence-electron chi connectivity index (χ3n) is 3.15. The molecule has 0 aromatic rings. The fourth-order valence-corrected chi connectivity index (χ4v) is 2.98. The van der Waals surface area contributed by atoms with Gasteiger partial charge < -0.3 is 9.84 Å². The maximum Gasteiger partial charge on any atom is 0.150 e. The van der Waals surface area contributed by atoms with E-state index in [1.54, 1.807) is 6.92 Å². The van der Waals surface area contributed by atoms with Crippen LogP contribution >= 0.6 is 0 Å². The van der Waals surface area contributed by atoms with Gasteiger partial charge in [0.25, 0.3) is 0 Å². The Balaban J connectivity index is 2.20. The number of ether oxygens (including phenoxy) is 1. The average molecular weight is 250 g/mol. The maximum atomic E-state index is 11.3. The van der Waals surface area contributed by atoms with Crippen molar-refractivity contribution in [1.82, 2.24) is 0 Å². The van der Waals surface area contributed by atoms with Gasteiger partial charge in [0.05, 0.1) is 17.5 Å². The van der Waals surface area contributed by atoms with E-state index in [1.165, 1.54) is 0 Å². The first-order valence-corrected chi connectivity index (χ1v) is 7.77. The highest BCUT2D eigenvalue weighted by Crippen LogP contribution is 2.38. The molecular formula is C11H22O4S. The molecule has 0 bridgehead atoms. The lowest BCUT2D eigenvalue weighted by Gasteiger charge is -2.43. The van der Waals surface area contributed by atoms with Gasteiger partial charge in [-0.2, -0.15) is 0 Å². The SMILES string of the molecule is CCOC1CC(O)(CCCS(=O)(=O)CC)C1. The zero-order valence-corrected chi connectivity index (χ0v) is 10.9. The van der Waals surface area contributed by atoms with E-state index in [0.717, 1.165) is 0 Å². The summed E-state index contributed by atoms with van der Waals surface area (Å²) in [7, 11) is -2.89. The van der Waals surface area contributed by atoms with Crippen LogP contribution in [0.25, 0.3) is 0 Å². The number of sulfone groups is 1. The molecule has 1 aliphatic carbocycles. The largest absolute Gasteiger partial charge is 0.390 e. The summed E-state index contributed by atoms with van der Waals surface area (Å²) in [4.78, 5) is 0. The molecule has 1 saturated carbocycles. The van der Waals surface area contributed by atoms with Gasteiger partial charge in [-0.3, -0.25) is 0 Å². The molecule has 1 N–H and O–H groups in total. The van der Waals surface area contributed by atoms with E-state index in [2.05, 4.69) is 0 Å². The number of hydrogen-bond acceptors (Lipinski definition) is 4. The van der Waals surface area contributed by atoms with E-state index in [0.29, 0.717) is 32.3 Å². The van der Waals surface area contributed by atoms with Gasteiger partial charge in [0.1, 0.15) is 9.84 Å². The summed E-state index contributed by atoms with van der Waals surface area (Å²) < 4.78 is 27.9. The Kier molecular flexibility index (Phi) is 4.76. The quantitative estimate of drug-likeness (QED) is 0.735. The first kappa shape index (κ1) is 13.9. The summed E-state index contributed by atoms with van der Waals surface area (Å²) in [6.07, 6.45) is 2.57. The van der Waals surface area contributed by atoms with Crippen LogP contribution in [-0.4, -0.2) is 43.3 Å². The van der Waals surface area contributed by atoms with Gasteiger partial charge in [0.2, 0.25) is 0 Å². The molecule has 1 fully saturated rings. The third kappa shape index (κ3) is 4.03. The fraction of sp³-hybridized carbons (Fsp3) is 1.00. The minimum atomic E-state index is -2.89. The molecule has 5 heteroatoms. The third-order valence-corrected chi connectivity index (χ3v) is 4.95. The van der Waals surface area contributed by atoms with Crippen LogP contribution in [0.15, 0.2) is 0 Å². The maximum absolute atomic E-state index is 11.3. The second-order valence-electron chi connectivity index (χ2n) is 4.55. The monoisotopic (exact) mass is 250 g/mol. The molecule has 4 nitrogen and oxygen atoms in total. The van der Waals surface area contributed by atoms with Crippen molar-refractivity contribution < 1.29 is 18.3 Å². The summed E-state index contributed by atoms with van der Waals surface area (Å²) in [5.74, 6) is 0.373. The summed E-state index contributed by atoms with van der Waals surface area (Å²) in [6, 6.07) is 0. The lowest BCUT2D eigenvalue weighted by Crippen LogP contribution is -2.48. The van der Waals surface area contributed by atoms with Crippen molar-refractivity contribution in [3.05, 3.63) is 0 Å². The van der Waals surface area contributed by atoms with Crippen LogP contribution in [0.5, 0.6) is 0 Å². The van der Waals surface area contributed by atoms with Gasteiger partial charge in [0.15, 0.2) is 0 Å². The molecule has 0 atom stereocenters. The van der Waals surface area contributed by atoms with E-state index in [4.69, 9.17) is 4.74 Å². The van der Waals surface area contributed by atoms with Gasteiger partial charge in [0, 0.05) is 25.2 Å². The lowest BCUT2D eigenvalue weighted by molar-refractivity contribution is -0.140. The van der Waals surface area contributed by atoms with Crippen LogP contribution in [0.1, 0.15) is 39.5 Å².